The highest BCUT2D eigenvalue weighted by Gasteiger charge is 2.24. The lowest BCUT2D eigenvalue weighted by atomic mass is 10.0. The Balaban J connectivity index is 1.43. The number of rotatable bonds is 6. The largest absolute Gasteiger partial charge is 0.496 e. The number of benzene rings is 1. The van der Waals surface area contributed by atoms with Gasteiger partial charge in [0.05, 0.1) is 7.11 Å². The summed E-state index contributed by atoms with van der Waals surface area (Å²) in [6, 6.07) is 11.3. The van der Waals surface area contributed by atoms with Crippen molar-refractivity contribution in [3.8, 4) is 5.75 Å². The molecular formula is C21H25N3O3. The van der Waals surface area contributed by atoms with E-state index in [1.54, 1.807) is 31.6 Å². The zero-order valence-electron chi connectivity index (χ0n) is 15.6. The third-order valence-electron chi connectivity index (χ3n) is 4.89. The molecule has 142 valence electrons. The molecule has 1 fully saturated rings. The number of methoxy groups -OCH3 is 1. The van der Waals surface area contributed by atoms with Crippen molar-refractivity contribution in [1.82, 2.24) is 15.2 Å². The topological polar surface area (TPSA) is 71.5 Å². The fourth-order valence-corrected chi connectivity index (χ4v) is 3.36. The molecule has 6 heteroatoms. The molecule has 2 aromatic rings. The molecule has 6 nitrogen and oxygen atoms in total. The molecule has 0 aliphatic carbocycles. The normalized spacial score (nSPS) is 14.6. The number of nitrogens with one attached hydrogen (secondary N) is 1. The zero-order chi connectivity index (χ0) is 19.1. The molecule has 2 amide bonds. The Bertz CT molecular complexity index is 771. The molecule has 0 bridgehead atoms. The highest BCUT2D eigenvalue weighted by atomic mass is 16.5. The van der Waals surface area contributed by atoms with Crippen molar-refractivity contribution in [2.45, 2.75) is 31.7 Å². The Morgan fingerprint density at radius 2 is 1.85 bits per heavy atom. The zero-order valence-corrected chi connectivity index (χ0v) is 15.6. The van der Waals surface area contributed by atoms with E-state index in [-0.39, 0.29) is 17.9 Å². The van der Waals surface area contributed by atoms with Gasteiger partial charge in [-0.25, -0.2) is 0 Å². The van der Waals surface area contributed by atoms with Crippen molar-refractivity contribution in [3.63, 3.8) is 0 Å². The van der Waals surface area contributed by atoms with Crippen LogP contribution in [0, 0.1) is 0 Å². The first kappa shape index (κ1) is 18.9. The van der Waals surface area contributed by atoms with Crippen LogP contribution in [0.15, 0.2) is 48.8 Å². The van der Waals surface area contributed by atoms with E-state index in [9.17, 15) is 9.59 Å². The molecule has 1 N–H and O–H groups in total. The van der Waals surface area contributed by atoms with Crippen molar-refractivity contribution in [3.05, 3.63) is 59.9 Å². The molecule has 0 atom stereocenters. The van der Waals surface area contributed by atoms with Gasteiger partial charge in [-0.15, -0.1) is 0 Å². The number of likely N-dealkylation sites (tertiary alicyclic amines) is 1. The fraction of sp³-hybridized carbons (Fsp3) is 0.381. The van der Waals surface area contributed by atoms with E-state index >= 15 is 0 Å². The van der Waals surface area contributed by atoms with Crippen LogP contribution >= 0.6 is 0 Å². The van der Waals surface area contributed by atoms with Crippen molar-refractivity contribution >= 4 is 11.8 Å². The van der Waals surface area contributed by atoms with Gasteiger partial charge in [0.2, 0.25) is 5.91 Å². The van der Waals surface area contributed by atoms with Crippen LogP contribution in [0.5, 0.6) is 5.75 Å². The molecule has 0 unspecified atom stereocenters. The second-order valence-corrected chi connectivity index (χ2v) is 6.68. The first-order valence-electron chi connectivity index (χ1n) is 9.28. The maximum Gasteiger partial charge on any atom is 0.253 e. The van der Waals surface area contributed by atoms with Crippen LogP contribution in [0.2, 0.25) is 0 Å². The van der Waals surface area contributed by atoms with E-state index in [0.717, 1.165) is 24.2 Å². The van der Waals surface area contributed by atoms with E-state index < -0.39 is 0 Å². The Labute approximate surface area is 159 Å². The van der Waals surface area contributed by atoms with E-state index in [0.29, 0.717) is 31.5 Å². The van der Waals surface area contributed by atoms with Crippen LogP contribution in [0.4, 0.5) is 0 Å². The molecule has 27 heavy (non-hydrogen) atoms. The van der Waals surface area contributed by atoms with E-state index in [1.165, 1.54) is 0 Å². The summed E-state index contributed by atoms with van der Waals surface area (Å²) in [4.78, 5) is 30.5. The molecule has 0 radical (unpaired) electrons. The van der Waals surface area contributed by atoms with Gasteiger partial charge in [0.15, 0.2) is 0 Å². The first-order chi connectivity index (χ1) is 13.2. The molecule has 0 saturated carbocycles. The van der Waals surface area contributed by atoms with E-state index in [4.69, 9.17) is 4.74 Å². The average Bonchev–Trinajstić information content (AvgIpc) is 2.73. The number of ether oxygens (including phenoxy) is 1. The minimum absolute atomic E-state index is 0.0262. The number of carbonyl (C=O) groups excluding carboxylic acids is 2. The Morgan fingerprint density at radius 3 is 2.56 bits per heavy atom. The van der Waals surface area contributed by atoms with Crippen molar-refractivity contribution in [2.75, 3.05) is 20.2 Å². The SMILES string of the molecule is COc1ccccc1CCC(=O)NC1CCN(C(=O)c2ccncc2)CC1. The van der Waals surface area contributed by atoms with Gasteiger partial charge in [0.25, 0.3) is 5.91 Å². The summed E-state index contributed by atoms with van der Waals surface area (Å²) in [6.45, 7) is 1.30. The predicted molar refractivity (Wildman–Crippen MR) is 103 cm³/mol. The number of para-hydroxylation sites is 1. The highest BCUT2D eigenvalue weighted by Crippen LogP contribution is 2.19. The van der Waals surface area contributed by atoms with Crippen LogP contribution in [-0.2, 0) is 11.2 Å². The van der Waals surface area contributed by atoms with Gasteiger partial charge < -0.3 is 15.0 Å². The van der Waals surface area contributed by atoms with Crippen molar-refractivity contribution in [2.24, 2.45) is 0 Å². The molecular weight excluding hydrogens is 342 g/mol. The molecule has 1 aliphatic rings. The van der Waals surface area contributed by atoms with Gasteiger partial charge in [0, 0.05) is 43.5 Å². The van der Waals surface area contributed by atoms with Crippen LogP contribution in [0.3, 0.4) is 0 Å². The molecule has 3 rings (SSSR count). The first-order valence-corrected chi connectivity index (χ1v) is 9.28. The molecule has 1 aromatic heterocycles. The summed E-state index contributed by atoms with van der Waals surface area (Å²) < 4.78 is 5.33. The second kappa shape index (κ2) is 9.16. The Kier molecular flexibility index (Phi) is 6.41. The van der Waals surface area contributed by atoms with Crippen LogP contribution in [0.1, 0.15) is 35.2 Å². The van der Waals surface area contributed by atoms with Crippen LogP contribution in [0.25, 0.3) is 0 Å². The third kappa shape index (κ3) is 5.06. The smallest absolute Gasteiger partial charge is 0.253 e. The predicted octanol–water partition coefficient (Wildman–Crippen LogP) is 2.44. The monoisotopic (exact) mass is 367 g/mol. The number of aryl methyl sites for hydroxylation is 1. The summed E-state index contributed by atoms with van der Waals surface area (Å²) >= 11 is 0. The van der Waals surface area contributed by atoms with Gasteiger partial charge in [-0.1, -0.05) is 18.2 Å². The summed E-state index contributed by atoms with van der Waals surface area (Å²) in [5.41, 5.74) is 1.69. The minimum atomic E-state index is 0.0262. The van der Waals surface area contributed by atoms with E-state index in [1.807, 2.05) is 29.2 Å². The molecule has 1 saturated heterocycles. The summed E-state index contributed by atoms with van der Waals surface area (Å²) in [5, 5.41) is 3.10. The standard InChI is InChI=1S/C21H25N3O3/c1-27-19-5-3-2-4-16(19)6-7-20(25)23-18-10-14-24(15-11-18)21(26)17-8-12-22-13-9-17/h2-5,8-9,12-13,18H,6-7,10-11,14-15H2,1H3,(H,23,25). The van der Waals surface area contributed by atoms with Gasteiger partial charge in [-0.2, -0.15) is 0 Å². The Hall–Kier alpha value is -2.89. The van der Waals surface area contributed by atoms with Gasteiger partial charge in [0.1, 0.15) is 5.75 Å². The number of piperidine rings is 1. The lowest BCUT2D eigenvalue weighted by molar-refractivity contribution is -0.122. The number of pyridine rings is 1. The molecule has 0 spiro atoms. The molecule has 2 heterocycles. The van der Waals surface area contributed by atoms with Crippen LogP contribution < -0.4 is 10.1 Å². The van der Waals surface area contributed by atoms with Gasteiger partial charge in [-0.3, -0.25) is 14.6 Å². The average molecular weight is 367 g/mol. The summed E-state index contributed by atoms with van der Waals surface area (Å²) in [5.74, 6) is 0.881. The van der Waals surface area contributed by atoms with E-state index in [2.05, 4.69) is 10.3 Å². The molecule has 1 aliphatic heterocycles. The maximum absolute atomic E-state index is 12.4. The number of hydrogen-bond donors (Lipinski definition) is 1. The lowest BCUT2D eigenvalue weighted by Gasteiger charge is -2.32. The van der Waals surface area contributed by atoms with Crippen molar-refractivity contribution in [1.29, 1.82) is 0 Å². The number of amides is 2. The number of carbonyl (C=O) groups is 2. The fourth-order valence-electron chi connectivity index (χ4n) is 3.36. The maximum atomic E-state index is 12.4. The molecule has 1 aromatic carbocycles. The second-order valence-electron chi connectivity index (χ2n) is 6.68. The van der Waals surface area contributed by atoms with Crippen LogP contribution in [-0.4, -0.2) is 47.9 Å². The highest BCUT2D eigenvalue weighted by molar-refractivity contribution is 5.94. The summed E-state index contributed by atoms with van der Waals surface area (Å²) in [6.07, 6.45) is 5.88. The van der Waals surface area contributed by atoms with Gasteiger partial charge in [-0.05, 0) is 43.0 Å². The Morgan fingerprint density at radius 1 is 1.15 bits per heavy atom. The number of nitrogens with zero attached hydrogens (tertiary/aromatic N) is 2. The third-order valence-corrected chi connectivity index (χ3v) is 4.89. The van der Waals surface area contributed by atoms with Crippen molar-refractivity contribution < 1.29 is 14.3 Å². The van der Waals surface area contributed by atoms with Gasteiger partial charge >= 0.3 is 0 Å². The number of hydrogen-bond acceptors (Lipinski definition) is 4. The summed E-state index contributed by atoms with van der Waals surface area (Å²) in [7, 11) is 1.64. The lowest BCUT2D eigenvalue weighted by Crippen LogP contribution is -2.46. The number of aromatic nitrogens is 1. The minimum Gasteiger partial charge on any atom is -0.496 e. The quantitative estimate of drug-likeness (QED) is 0.851.